The molecule has 0 heterocycles. The Morgan fingerprint density at radius 1 is 1.07 bits per heavy atom. The fourth-order valence-electron chi connectivity index (χ4n) is 8.98. The zero-order valence-electron chi connectivity index (χ0n) is 26.4. The predicted octanol–water partition coefficient (Wildman–Crippen LogP) is 6.60. The van der Waals surface area contributed by atoms with Crippen LogP contribution in [0.4, 0.5) is 8.78 Å². The number of carbonyl (C=O) groups is 3. The second kappa shape index (κ2) is 11.4. The number of fused-ring (bicyclic) bond motifs is 5. The van der Waals surface area contributed by atoms with Crippen LogP contribution in [0.1, 0.15) is 71.8 Å². The van der Waals surface area contributed by atoms with Crippen LogP contribution in [-0.2, 0) is 14.4 Å². The molecule has 240 valence electrons. The number of rotatable bonds is 4. The van der Waals surface area contributed by atoms with Crippen molar-refractivity contribution >= 4 is 17.5 Å². The van der Waals surface area contributed by atoms with Crippen molar-refractivity contribution in [2.45, 2.75) is 83.6 Å². The molecule has 0 amide bonds. The first-order valence-electron chi connectivity index (χ1n) is 15.6. The molecule has 0 spiro atoms. The average molecular weight is 621 g/mol. The van der Waals surface area contributed by atoms with Gasteiger partial charge in [-0.2, -0.15) is 0 Å². The maximum Gasteiger partial charge on any atom is 0.310 e. The lowest BCUT2D eigenvalue weighted by Crippen LogP contribution is -2.69. The first kappa shape index (κ1) is 32.9. The summed E-state index contributed by atoms with van der Waals surface area (Å²) in [5, 5.41) is 31.2. The molecule has 2 aromatic rings. The lowest BCUT2D eigenvalue weighted by molar-refractivity contribution is -0.219. The number of aliphatic carboxylic acids is 1. The van der Waals surface area contributed by atoms with Gasteiger partial charge in [-0.15, -0.1) is 0 Å². The maximum absolute atomic E-state index is 16.9. The summed E-state index contributed by atoms with van der Waals surface area (Å²) in [5.74, 6) is -3.17. The third-order valence-corrected chi connectivity index (χ3v) is 11.7. The topological polar surface area (TPSA) is 112 Å². The number of carbonyl (C=O) groups excluding carboxylic acids is 2. The van der Waals surface area contributed by atoms with E-state index in [1.807, 2.05) is 44.2 Å². The van der Waals surface area contributed by atoms with Crippen molar-refractivity contribution in [3.05, 3.63) is 83.7 Å². The number of carboxylic acid groups (broad SMARTS) is 1. The van der Waals surface area contributed by atoms with E-state index >= 15 is 4.39 Å². The molecule has 45 heavy (non-hydrogen) atoms. The lowest BCUT2D eigenvalue weighted by Gasteiger charge is -2.63. The number of ketones is 2. The van der Waals surface area contributed by atoms with Gasteiger partial charge in [-0.1, -0.05) is 68.0 Å². The van der Waals surface area contributed by atoms with E-state index < -0.39 is 51.8 Å². The zero-order valence-corrected chi connectivity index (χ0v) is 26.4. The van der Waals surface area contributed by atoms with Gasteiger partial charge in [0.25, 0.3) is 0 Å². The third-order valence-electron chi connectivity index (χ3n) is 11.7. The Hall–Kier alpha value is -3.49. The molecule has 0 saturated heterocycles. The Balaban J connectivity index is 0.000000194. The molecular weight excluding hydrogens is 578 g/mol. The van der Waals surface area contributed by atoms with Crippen LogP contribution in [0.15, 0.2) is 72.3 Å². The van der Waals surface area contributed by atoms with Crippen LogP contribution in [-0.4, -0.2) is 50.2 Å². The lowest BCUT2D eigenvalue weighted by atomic mass is 9.43. The number of halogens is 2. The molecule has 6 rings (SSSR count). The van der Waals surface area contributed by atoms with Gasteiger partial charge in [-0.3, -0.25) is 14.4 Å². The largest absolute Gasteiger partial charge is 0.481 e. The molecule has 0 aromatic heterocycles. The summed E-state index contributed by atoms with van der Waals surface area (Å²) in [6.07, 6.45) is 4.68. The zero-order chi connectivity index (χ0) is 33.1. The molecule has 0 radical (unpaired) electrons. The van der Waals surface area contributed by atoms with Crippen molar-refractivity contribution < 1.29 is 38.5 Å². The van der Waals surface area contributed by atoms with Crippen LogP contribution in [0, 0.1) is 34.4 Å². The first-order chi connectivity index (χ1) is 21.0. The van der Waals surface area contributed by atoms with Crippen molar-refractivity contribution in [2.24, 2.45) is 28.6 Å². The summed E-state index contributed by atoms with van der Waals surface area (Å²) < 4.78 is 30.8. The van der Waals surface area contributed by atoms with Gasteiger partial charge in [0.1, 0.15) is 11.4 Å². The average Bonchev–Trinajstić information content (AvgIpc) is 3.26. The van der Waals surface area contributed by atoms with E-state index in [0.29, 0.717) is 30.4 Å². The Bertz CT molecular complexity index is 1580. The molecule has 3 fully saturated rings. The first-order valence-corrected chi connectivity index (χ1v) is 15.6. The van der Waals surface area contributed by atoms with Gasteiger partial charge in [0.05, 0.1) is 12.0 Å². The van der Waals surface area contributed by atoms with Crippen molar-refractivity contribution in [1.82, 2.24) is 0 Å². The maximum atomic E-state index is 16.9. The number of aliphatic hydroxyl groups is 2. The second-order valence-corrected chi connectivity index (χ2v) is 13.9. The number of alkyl halides is 1. The van der Waals surface area contributed by atoms with Gasteiger partial charge in [0.15, 0.2) is 17.2 Å². The smallest absolute Gasteiger partial charge is 0.310 e. The van der Waals surface area contributed by atoms with Gasteiger partial charge in [0, 0.05) is 22.3 Å². The summed E-state index contributed by atoms with van der Waals surface area (Å²) >= 11 is 0. The highest BCUT2D eigenvalue weighted by molar-refractivity contribution is 6.01. The van der Waals surface area contributed by atoms with E-state index in [1.165, 1.54) is 25.1 Å². The minimum Gasteiger partial charge on any atom is -0.481 e. The molecule has 3 N–H and O–H groups in total. The summed E-state index contributed by atoms with van der Waals surface area (Å²) in [6.45, 7) is 8.55. The fraction of sp³-hybridized carbons (Fsp3) is 0.486. The molecule has 0 bridgehead atoms. The Morgan fingerprint density at radius 2 is 1.73 bits per heavy atom. The van der Waals surface area contributed by atoms with Crippen LogP contribution in [0.3, 0.4) is 0 Å². The summed E-state index contributed by atoms with van der Waals surface area (Å²) in [7, 11) is 0. The van der Waals surface area contributed by atoms with E-state index in [4.69, 9.17) is 5.11 Å². The monoisotopic (exact) mass is 620 g/mol. The van der Waals surface area contributed by atoms with Gasteiger partial charge < -0.3 is 15.3 Å². The Labute approximate surface area is 262 Å². The molecule has 3 saturated carbocycles. The minimum atomic E-state index is -1.92. The molecule has 4 aliphatic rings. The van der Waals surface area contributed by atoms with Gasteiger partial charge in [-0.25, -0.2) is 8.78 Å². The number of carboxylic acids is 1. The molecule has 1 unspecified atom stereocenters. The van der Waals surface area contributed by atoms with Crippen LogP contribution in [0.25, 0.3) is 11.1 Å². The number of aliphatic hydroxyl groups excluding tert-OH is 1. The summed E-state index contributed by atoms with van der Waals surface area (Å²) in [4.78, 5) is 35.1. The Kier molecular flexibility index (Phi) is 8.33. The van der Waals surface area contributed by atoms with E-state index in [-0.39, 0.29) is 29.8 Å². The van der Waals surface area contributed by atoms with Crippen molar-refractivity contribution in [1.29, 1.82) is 0 Å². The quantitative estimate of drug-likeness (QED) is 0.355. The van der Waals surface area contributed by atoms with Crippen LogP contribution < -0.4 is 0 Å². The summed E-state index contributed by atoms with van der Waals surface area (Å²) in [6, 6.07) is 13.7. The number of benzene rings is 2. The van der Waals surface area contributed by atoms with Crippen LogP contribution >= 0.6 is 0 Å². The molecule has 0 aliphatic heterocycles. The van der Waals surface area contributed by atoms with Crippen molar-refractivity contribution in [3.8, 4) is 11.1 Å². The Morgan fingerprint density at radius 3 is 2.33 bits per heavy atom. The number of hydrogen-bond acceptors (Lipinski definition) is 5. The van der Waals surface area contributed by atoms with E-state index in [0.717, 1.165) is 11.1 Å². The SMILES string of the molecule is CC(=O)[C@@]1(O)CC[C@H]2[C@@H]3C[C@H](C)C4=CC(=O)C=C[C@]4(C)[C@@]3(F)[C@@H](O)C[C@@]21C.CC(C(=O)O)c1ccc(-c2ccccc2)c(F)c1. The normalized spacial score (nSPS) is 37.3. The number of allylic oxidation sites excluding steroid dienone is 4. The molecule has 4 aliphatic carbocycles. The number of Topliss-reactive ketones (excluding diaryl/α,β-unsaturated/α-hetero) is 1. The molecule has 9 atom stereocenters. The second-order valence-electron chi connectivity index (χ2n) is 13.9. The predicted molar refractivity (Wildman–Crippen MR) is 166 cm³/mol. The molecular formula is C37H42F2O6. The highest BCUT2D eigenvalue weighted by Gasteiger charge is 2.74. The van der Waals surface area contributed by atoms with E-state index in [9.17, 15) is 29.0 Å². The fourth-order valence-corrected chi connectivity index (χ4v) is 8.98. The summed E-state index contributed by atoms with van der Waals surface area (Å²) in [5.41, 5.74) is -2.85. The standard InChI is InChI=1S/C22H29FO4.C15H13FO2/c1-12-9-17-15-6-8-21(27,13(2)24)20(15,4)11-18(26)22(17,23)19(3)7-5-14(25)10-16(12)19;1-10(15(17)18)12-7-8-13(14(16)9-12)11-5-3-2-4-6-11/h5,7,10,12,15,17-18,26-27H,6,8-9,11H2,1-4H3;2-10H,1H3,(H,17,18)/t12-,15-,17-,18-,19-,20-,21-,22-;/m0./s1. The van der Waals surface area contributed by atoms with Crippen molar-refractivity contribution in [2.75, 3.05) is 0 Å². The van der Waals surface area contributed by atoms with E-state index in [1.54, 1.807) is 32.1 Å². The molecule has 6 nitrogen and oxygen atoms in total. The van der Waals surface area contributed by atoms with Gasteiger partial charge in [-0.05, 0) is 87.6 Å². The third kappa shape index (κ3) is 4.92. The van der Waals surface area contributed by atoms with Gasteiger partial charge in [0.2, 0.25) is 0 Å². The van der Waals surface area contributed by atoms with E-state index in [2.05, 4.69) is 0 Å². The van der Waals surface area contributed by atoms with Crippen LogP contribution in [0.2, 0.25) is 0 Å². The minimum absolute atomic E-state index is 0.00153. The van der Waals surface area contributed by atoms with Crippen LogP contribution in [0.5, 0.6) is 0 Å². The number of hydrogen-bond donors (Lipinski definition) is 3. The molecule has 2 aromatic carbocycles. The molecule has 8 heteroatoms. The highest BCUT2D eigenvalue weighted by Crippen LogP contribution is 2.70. The highest BCUT2D eigenvalue weighted by atomic mass is 19.1. The van der Waals surface area contributed by atoms with Crippen molar-refractivity contribution in [3.63, 3.8) is 0 Å². The van der Waals surface area contributed by atoms with Gasteiger partial charge >= 0.3 is 5.97 Å².